The summed E-state index contributed by atoms with van der Waals surface area (Å²) in [5.41, 5.74) is 2.98. The number of para-hydroxylation sites is 1. The number of anilines is 1. The molecule has 1 heterocycles. The summed E-state index contributed by atoms with van der Waals surface area (Å²) in [5, 5.41) is 2.91. The number of hydrogen-bond acceptors (Lipinski definition) is 3. The molecule has 1 fully saturated rings. The quantitative estimate of drug-likeness (QED) is 0.751. The van der Waals surface area contributed by atoms with E-state index in [0.717, 1.165) is 41.3 Å². The van der Waals surface area contributed by atoms with Crippen LogP contribution in [0.3, 0.4) is 0 Å². The van der Waals surface area contributed by atoms with Crippen LogP contribution >= 0.6 is 12.2 Å². The van der Waals surface area contributed by atoms with E-state index in [2.05, 4.69) is 17.1 Å². The van der Waals surface area contributed by atoms with Gasteiger partial charge in [-0.15, -0.1) is 0 Å². The molecule has 3 rings (SSSR count). The SMILES string of the molecule is CCc1ccccc1NC(=O)COc1ccc(C(=S)N2CCCCC2)cc1. The normalized spacial score (nSPS) is 13.9. The van der Waals surface area contributed by atoms with Crippen LogP contribution in [0.2, 0.25) is 0 Å². The first-order chi connectivity index (χ1) is 13.2. The van der Waals surface area contributed by atoms with Crippen molar-refractivity contribution in [2.24, 2.45) is 0 Å². The fraction of sp³-hybridized carbons (Fsp3) is 0.364. The molecule has 0 spiro atoms. The van der Waals surface area contributed by atoms with Gasteiger partial charge in [0, 0.05) is 24.3 Å². The van der Waals surface area contributed by atoms with Gasteiger partial charge in [-0.05, 0) is 61.6 Å². The summed E-state index contributed by atoms with van der Waals surface area (Å²) in [6.45, 7) is 4.12. The van der Waals surface area contributed by atoms with Crippen molar-refractivity contribution in [1.82, 2.24) is 4.90 Å². The predicted molar refractivity (Wildman–Crippen MR) is 114 cm³/mol. The molecule has 27 heavy (non-hydrogen) atoms. The number of nitrogens with zero attached hydrogens (tertiary/aromatic N) is 1. The van der Waals surface area contributed by atoms with E-state index in [-0.39, 0.29) is 12.5 Å². The van der Waals surface area contributed by atoms with Gasteiger partial charge in [-0.25, -0.2) is 0 Å². The Morgan fingerprint density at radius 1 is 1.07 bits per heavy atom. The Balaban J connectivity index is 1.52. The molecule has 2 aromatic rings. The highest BCUT2D eigenvalue weighted by Crippen LogP contribution is 2.18. The first kappa shape index (κ1) is 19.4. The smallest absolute Gasteiger partial charge is 0.262 e. The molecule has 2 aromatic carbocycles. The van der Waals surface area contributed by atoms with Gasteiger partial charge in [-0.3, -0.25) is 4.79 Å². The third-order valence-corrected chi connectivity index (χ3v) is 5.28. The van der Waals surface area contributed by atoms with Crippen LogP contribution in [0.5, 0.6) is 5.75 Å². The van der Waals surface area contributed by atoms with Crippen LogP contribution < -0.4 is 10.1 Å². The predicted octanol–water partition coefficient (Wildman–Crippen LogP) is 4.43. The molecule has 1 saturated heterocycles. The summed E-state index contributed by atoms with van der Waals surface area (Å²) in [5.74, 6) is 0.503. The number of ether oxygens (including phenoxy) is 1. The lowest BCUT2D eigenvalue weighted by molar-refractivity contribution is -0.118. The van der Waals surface area contributed by atoms with Crippen molar-refractivity contribution in [1.29, 1.82) is 0 Å². The molecule has 0 aromatic heterocycles. The maximum atomic E-state index is 12.2. The third kappa shape index (κ3) is 5.30. The minimum Gasteiger partial charge on any atom is -0.484 e. The summed E-state index contributed by atoms with van der Waals surface area (Å²) in [6.07, 6.45) is 4.57. The Bertz CT molecular complexity index is 783. The fourth-order valence-electron chi connectivity index (χ4n) is 3.26. The Kier molecular flexibility index (Phi) is 6.82. The Morgan fingerprint density at radius 2 is 1.78 bits per heavy atom. The number of carbonyl (C=O) groups is 1. The van der Waals surface area contributed by atoms with Crippen LogP contribution in [0.4, 0.5) is 5.69 Å². The first-order valence-corrected chi connectivity index (χ1v) is 9.98. The lowest BCUT2D eigenvalue weighted by Crippen LogP contribution is -2.34. The molecule has 0 aliphatic carbocycles. The van der Waals surface area contributed by atoms with Gasteiger partial charge in [0.05, 0.1) is 0 Å². The van der Waals surface area contributed by atoms with Gasteiger partial charge in [0.25, 0.3) is 5.91 Å². The third-order valence-electron chi connectivity index (χ3n) is 4.79. The molecule has 5 heteroatoms. The van der Waals surface area contributed by atoms with E-state index in [1.54, 1.807) is 0 Å². The molecular formula is C22H26N2O2S. The first-order valence-electron chi connectivity index (χ1n) is 9.57. The summed E-state index contributed by atoms with van der Waals surface area (Å²) in [6, 6.07) is 15.5. The molecule has 1 aliphatic rings. The van der Waals surface area contributed by atoms with Crippen molar-refractivity contribution in [3.63, 3.8) is 0 Å². The van der Waals surface area contributed by atoms with Crippen LogP contribution in [0.25, 0.3) is 0 Å². The average Bonchev–Trinajstić information content (AvgIpc) is 2.73. The van der Waals surface area contributed by atoms with Gasteiger partial charge in [0.2, 0.25) is 0 Å². The number of amides is 1. The molecule has 1 amide bonds. The molecule has 142 valence electrons. The lowest BCUT2D eigenvalue weighted by atomic mass is 10.1. The summed E-state index contributed by atoms with van der Waals surface area (Å²) in [7, 11) is 0. The second kappa shape index (κ2) is 9.51. The van der Waals surface area contributed by atoms with E-state index < -0.39 is 0 Å². The Hall–Kier alpha value is -2.40. The zero-order valence-electron chi connectivity index (χ0n) is 15.7. The number of nitrogens with one attached hydrogen (secondary N) is 1. The number of hydrogen-bond donors (Lipinski definition) is 1. The number of piperidine rings is 1. The Morgan fingerprint density at radius 3 is 2.48 bits per heavy atom. The van der Waals surface area contributed by atoms with Gasteiger partial charge < -0.3 is 15.0 Å². The minimum absolute atomic E-state index is 0.0199. The minimum atomic E-state index is -0.163. The standard InChI is InChI=1S/C22H26N2O2S/c1-2-17-8-4-5-9-20(17)23-21(25)16-26-19-12-10-18(11-13-19)22(27)24-14-6-3-7-15-24/h4-5,8-13H,2-3,6-7,14-16H2,1H3,(H,23,25). The van der Waals surface area contributed by atoms with Crippen LogP contribution in [0, 0.1) is 0 Å². The highest BCUT2D eigenvalue weighted by molar-refractivity contribution is 7.80. The average molecular weight is 383 g/mol. The van der Waals surface area contributed by atoms with E-state index in [4.69, 9.17) is 17.0 Å². The zero-order valence-corrected chi connectivity index (χ0v) is 16.6. The molecule has 4 nitrogen and oxygen atoms in total. The van der Waals surface area contributed by atoms with Crippen molar-refractivity contribution >= 4 is 28.8 Å². The topological polar surface area (TPSA) is 41.6 Å². The summed E-state index contributed by atoms with van der Waals surface area (Å²) in [4.78, 5) is 15.3. The second-order valence-corrected chi connectivity index (χ2v) is 7.11. The monoisotopic (exact) mass is 382 g/mol. The van der Waals surface area contributed by atoms with Crippen molar-refractivity contribution in [2.75, 3.05) is 25.0 Å². The van der Waals surface area contributed by atoms with Crippen LogP contribution in [-0.4, -0.2) is 35.5 Å². The van der Waals surface area contributed by atoms with Crippen molar-refractivity contribution in [3.8, 4) is 5.75 Å². The highest BCUT2D eigenvalue weighted by Gasteiger charge is 2.15. The maximum Gasteiger partial charge on any atom is 0.262 e. The summed E-state index contributed by atoms with van der Waals surface area (Å²) >= 11 is 5.61. The molecule has 0 atom stereocenters. The number of aryl methyl sites for hydroxylation is 1. The number of rotatable bonds is 6. The maximum absolute atomic E-state index is 12.2. The molecule has 0 saturated carbocycles. The largest absolute Gasteiger partial charge is 0.484 e. The lowest BCUT2D eigenvalue weighted by Gasteiger charge is -2.29. The van der Waals surface area contributed by atoms with Gasteiger partial charge in [-0.1, -0.05) is 37.3 Å². The number of benzene rings is 2. The van der Waals surface area contributed by atoms with Crippen LogP contribution in [0.15, 0.2) is 48.5 Å². The summed E-state index contributed by atoms with van der Waals surface area (Å²) < 4.78 is 5.62. The molecule has 0 radical (unpaired) electrons. The van der Waals surface area contributed by atoms with Gasteiger partial charge in [0.15, 0.2) is 6.61 Å². The molecule has 0 bridgehead atoms. The number of thiocarbonyl (C=S) groups is 1. The second-order valence-electron chi connectivity index (χ2n) is 6.72. The van der Waals surface area contributed by atoms with Gasteiger partial charge in [-0.2, -0.15) is 0 Å². The Labute approximate surface area is 166 Å². The highest BCUT2D eigenvalue weighted by atomic mass is 32.1. The molecular weight excluding hydrogens is 356 g/mol. The van der Waals surface area contributed by atoms with Crippen molar-refractivity contribution in [3.05, 3.63) is 59.7 Å². The zero-order chi connectivity index (χ0) is 19.1. The van der Waals surface area contributed by atoms with Crippen molar-refractivity contribution in [2.45, 2.75) is 32.6 Å². The van der Waals surface area contributed by atoms with Gasteiger partial charge in [0.1, 0.15) is 10.7 Å². The van der Waals surface area contributed by atoms with Crippen LogP contribution in [-0.2, 0) is 11.2 Å². The van der Waals surface area contributed by atoms with E-state index >= 15 is 0 Å². The van der Waals surface area contributed by atoms with Crippen molar-refractivity contribution < 1.29 is 9.53 Å². The number of carbonyl (C=O) groups excluding carboxylic acids is 1. The van der Waals surface area contributed by atoms with E-state index in [1.807, 2.05) is 48.5 Å². The van der Waals surface area contributed by atoms with Gasteiger partial charge >= 0.3 is 0 Å². The molecule has 1 aliphatic heterocycles. The number of likely N-dealkylation sites (tertiary alicyclic amines) is 1. The molecule has 1 N–H and O–H groups in total. The fourth-order valence-corrected chi connectivity index (χ4v) is 3.58. The van der Waals surface area contributed by atoms with Crippen LogP contribution in [0.1, 0.15) is 37.3 Å². The molecule has 0 unspecified atom stereocenters. The van der Waals surface area contributed by atoms with E-state index in [0.29, 0.717) is 5.75 Å². The van der Waals surface area contributed by atoms with E-state index in [1.165, 1.54) is 19.3 Å². The van der Waals surface area contributed by atoms with E-state index in [9.17, 15) is 4.79 Å².